The van der Waals surface area contributed by atoms with E-state index in [1.165, 1.54) is 37.7 Å². The van der Waals surface area contributed by atoms with Crippen LogP contribution in [-0.4, -0.2) is 37.7 Å². The van der Waals surface area contributed by atoms with E-state index in [9.17, 15) is 5.26 Å². The third-order valence-electron chi connectivity index (χ3n) is 5.72. The summed E-state index contributed by atoms with van der Waals surface area (Å²) in [6.45, 7) is 4.66. The Morgan fingerprint density at radius 3 is 2.43 bits per heavy atom. The number of benzene rings is 1. The van der Waals surface area contributed by atoms with Crippen molar-refractivity contribution >= 4 is 0 Å². The van der Waals surface area contributed by atoms with Gasteiger partial charge < -0.3 is 4.74 Å². The first-order chi connectivity index (χ1) is 11.3. The third-order valence-corrected chi connectivity index (χ3v) is 5.72. The van der Waals surface area contributed by atoms with Gasteiger partial charge in [0.15, 0.2) is 0 Å². The molecule has 3 heteroatoms. The highest BCUT2D eigenvalue weighted by Crippen LogP contribution is 2.43. The molecule has 0 aromatic heterocycles. The lowest BCUT2D eigenvalue weighted by atomic mass is 9.64. The first-order valence-electron chi connectivity index (χ1n) is 9.12. The van der Waals surface area contributed by atoms with Crippen molar-refractivity contribution in [3.05, 3.63) is 35.9 Å². The average molecular weight is 312 g/mol. The van der Waals surface area contributed by atoms with Gasteiger partial charge >= 0.3 is 0 Å². The van der Waals surface area contributed by atoms with Gasteiger partial charge in [-0.3, -0.25) is 4.90 Å². The summed E-state index contributed by atoms with van der Waals surface area (Å²) >= 11 is 0. The largest absolute Gasteiger partial charge is 0.379 e. The summed E-state index contributed by atoms with van der Waals surface area (Å²) in [5, 5.41) is 10.2. The lowest BCUT2D eigenvalue weighted by Gasteiger charge is -2.39. The molecule has 1 unspecified atom stereocenters. The van der Waals surface area contributed by atoms with E-state index in [4.69, 9.17) is 4.74 Å². The van der Waals surface area contributed by atoms with Gasteiger partial charge in [-0.2, -0.15) is 5.26 Å². The molecule has 124 valence electrons. The van der Waals surface area contributed by atoms with E-state index in [-0.39, 0.29) is 5.41 Å². The van der Waals surface area contributed by atoms with Crippen LogP contribution >= 0.6 is 0 Å². The van der Waals surface area contributed by atoms with Gasteiger partial charge in [0.2, 0.25) is 0 Å². The summed E-state index contributed by atoms with van der Waals surface area (Å²) in [5.41, 5.74) is 0.905. The van der Waals surface area contributed by atoms with Gasteiger partial charge in [-0.15, -0.1) is 0 Å². The molecule has 1 aromatic carbocycles. The molecule has 23 heavy (non-hydrogen) atoms. The summed E-state index contributed by atoms with van der Waals surface area (Å²) in [7, 11) is 0. The Kier molecular flexibility index (Phi) is 5.70. The van der Waals surface area contributed by atoms with Crippen molar-refractivity contribution in [3.63, 3.8) is 0 Å². The van der Waals surface area contributed by atoms with E-state index in [2.05, 4.69) is 41.3 Å². The molecule has 2 aliphatic rings. The average Bonchev–Trinajstić information content (AvgIpc) is 2.65. The van der Waals surface area contributed by atoms with Crippen molar-refractivity contribution in [2.75, 3.05) is 32.8 Å². The number of nitrogens with zero attached hydrogens (tertiary/aromatic N) is 2. The monoisotopic (exact) mass is 312 g/mol. The second kappa shape index (κ2) is 7.95. The SMILES string of the molecule is N#CC(CCN1CCOCC1)(c1ccccc1)C1CCCCC1. The highest BCUT2D eigenvalue weighted by Gasteiger charge is 2.41. The zero-order chi connectivity index (χ0) is 16.0. The first kappa shape index (κ1) is 16.5. The molecular weight excluding hydrogens is 284 g/mol. The minimum atomic E-state index is -0.319. The summed E-state index contributed by atoms with van der Waals surface area (Å²) < 4.78 is 5.45. The molecule has 0 radical (unpaired) electrons. The zero-order valence-electron chi connectivity index (χ0n) is 14.0. The third kappa shape index (κ3) is 3.76. The fourth-order valence-electron chi connectivity index (χ4n) is 4.29. The van der Waals surface area contributed by atoms with E-state index in [0.717, 1.165) is 39.3 Å². The standard InChI is InChI=1S/C20H28N2O/c21-17-20(18-7-3-1-4-8-18,19-9-5-2-6-10-19)11-12-22-13-15-23-16-14-22/h1,3-4,7-8,19H,2,5-6,9-16H2. The quantitative estimate of drug-likeness (QED) is 0.831. The molecule has 1 aliphatic carbocycles. The molecule has 0 bridgehead atoms. The molecule has 1 saturated carbocycles. The molecule has 2 fully saturated rings. The second-order valence-electron chi connectivity index (χ2n) is 6.99. The van der Waals surface area contributed by atoms with Crippen LogP contribution in [0, 0.1) is 17.2 Å². The highest BCUT2D eigenvalue weighted by atomic mass is 16.5. The minimum Gasteiger partial charge on any atom is -0.379 e. The van der Waals surface area contributed by atoms with Crippen LogP contribution in [0.25, 0.3) is 0 Å². The van der Waals surface area contributed by atoms with Crippen molar-refractivity contribution in [3.8, 4) is 6.07 Å². The molecule has 0 N–H and O–H groups in total. The maximum atomic E-state index is 10.2. The van der Waals surface area contributed by atoms with Crippen LogP contribution in [0.3, 0.4) is 0 Å². The van der Waals surface area contributed by atoms with Crippen LogP contribution in [0.2, 0.25) is 0 Å². The van der Waals surface area contributed by atoms with E-state index >= 15 is 0 Å². The predicted octanol–water partition coefficient (Wildman–Crippen LogP) is 3.75. The Labute approximate surface area is 140 Å². The van der Waals surface area contributed by atoms with Gasteiger partial charge in [0, 0.05) is 19.6 Å². The molecule has 1 aromatic rings. The van der Waals surface area contributed by atoms with Crippen molar-refractivity contribution in [1.29, 1.82) is 5.26 Å². The van der Waals surface area contributed by atoms with E-state index in [1.807, 2.05) is 0 Å². The topological polar surface area (TPSA) is 36.3 Å². The Balaban J connectivity index is 1.81. The number of hydrogen-bond donors (Lipinski definition) is 0. The molecule has 1 aliphatic heterocycles. The fraction of sp³-hybridized carbons (Fsp3) is 0.650. The Hall–Kier alpha value is -1.37. The number of hydrogen-bond acceptors (Lipinski definition) is 3. The number of ether oxygens (including phenoxy) is 1. The summed E-state index contributed by atoms with van der Waals surface area (Å²) in [6, 6.07) is 13.3. The highest BCUT2D eigenvalue weighted by molar-refractivity contribution is 5.34. The van der Waals surface area contributed by atoms with Crippen molar-refractivity contribution < 1.29 is 4.74 Å². The van der Waals surface area contributed by atoms with Crippen LogP contribution in [0.5, 0.6) is 0 Å². The molecule has 1 saturated heterocycles. The second-order valence-corrected chi connectivity index (χ2v) is 6.99. The molecule has 1 heterocycles. The maximum Gasteiger partial charge on any atom is 0.0862 e. The minimum absolute atomic E-state index is 0.319. The molecular formula is C20H28N2O. The van der Waals surface area contributed by atoms with E-state index in [0.29, 0.717) is 5.92 Å². The summed E-state index contributed by atoms with van der Waals surface area (Å²) in [6.07, 6.45) is 7.22. The first-order valence-corrected chi connectivity index (χ1v) is 9.12. The van der Waals surface area contributed by atoms with Crippen LogP contribution in [-0.2, 0) is 10.2 Å². The van der Waals surface area contributed by atoms with Gasteiger partial charge in [0.25, 0.3) is 0 Å². The molecule has 3 rings (SSSR count). The number of nitriles is 1. The van der Waals surface area contributed by atoms with Crippen LogP contribution in [0.1, 0.15) is 44.1 Å². The van der Waals surface area contributed by atoms with Crippen LogP contribution in [0.4, 0.5) is 0 Å². The van der Waals surface area contributed by atoms with Crippen molar-refractivity contribution in [2.45, 2.75) is 43.9 Å². The predicted molar refractivity (Wildman–Crippen MR) is 92.2 cm³/mol. The normalized spacial score (nSPS) is 23.1. The molecule has 3 nitrogen and oxygen atoms in total. The smallest absolute Gasteiger partial charge is 0.0862 e. The van der Waals surface area contributed by atoms with Crippen molar-refractivity contribution in [1.82, 2.24) is 4.90 Å². The van der Waals surface area contributed by atoms with Crippen LogP contribution < -0.4 is 0 Å². The Bertz CT molecular complexity index is 512. The van der Waals surface area contributed by atoms with Gasteiger partial charge in [-0.1, -0.05) is 49.6 Å². The summed E-state index contributed by atoms with van der Waals surface area (Å²) in [5.74, 6) is 0.504. The zero-order valence-corrected chi connectivity index (χ0v) is 14.0. The Morgan fingerprint density at radius 1 is 1.09 bits per heavy atom. The lowest BCUT2D eigenvalue weighted by Crippen LogP contribution is -2.42. The van der Waals surface area contributed by atoms with Crippen molar-refractivity contribution in [2.24, 2.45) is 5.92 Å². The lowest BCUT2D eigenvalue weighted by molar-refractivity contribution is 0.0334. The van der Waals surface area contributed by atoms with Gasteiger partial charge in [0.05, 0.1) is 24.7 Å². The van der Waals surface area contributed by atoms with E-state index in [1.54, 1.807) is 0 Å². The maximum absolute atomic E-state index is 10.2. The fourth-order valence-corrected chi connectivity index (χ4v) is 4.29. The number of rotatable bonds is 5. The number of morpholine rings is 1. The van der Waals surface area contributed by atoms with Gasteiger partial charge in [0.1, 0.15) is 0 Å². The van der Waals surface area contributed by atoms with Gasteiger partial charge in [-0.25, -0.2) is 0 Å². The van der Waals surface area contributed by atoms with Crippen LogP contribution in [0.15, 0.2) is 30.3 Å². The van der Waals surface area contributed by atoms with E-state index < -0.39 is 0 Å². The molecule has 1 atom stereocenters. The van der Waals surface area contributed by atoms with Gasteiger partial charge in [-0.05, 0) is 30.7 Å². The molecule has 0 spiro atoms. The molecule has 0 amide bonds. The summed E-state index contributed by atoms with van der Waals surface area (Å²) in [4.78, 5) is 2.46. The Morgan fingerprint density at radius 2 is 1.78 bits per heavy atom.